The van der Waals surface area contributed by atoms with Crippen molar-refractivity contribution in [3.05, 3.63) is 23.5 Å². The van der Waals surface area contributed by atoms with Gasteiger partial charge >= 0.3 is 11.9 Å². The van der Waals surface area contributed by atoms with Crippen molar-refractivity contribution in [2.45, 2.75) is 39.0 Å². The molecule has 0 saturated heterocycles. The van der Waals surface area contributed by atoms with Crippen LogP contribution in [-0.2, 0) is 4.74 Å². The first-order valence-corrected chi connectivity index (χ1v) is 7.04. The van der Waals surface area contributed by atoms with E-state index >= 15 is 0 Å². The van der Waals surface area contributed by atoms with Gasteiger partial charge in [-0.25, -0.2) is 14.6 Å². The normalized spacial score (nSPS) is 10.2. The molecule has 0 spiro atoms. The molecule has 1 N–H and O–H groups in total. The number of carboxylic acids is 1. The maximum atomic E-state index is 11.8. The van der Waals surface area contributed by atoms with Gasteiger partial charge in [-0.15, -0.1) is 0 Å². The van der Waals surface area contributed by atoms with Crippen molar-refractivity contribution in [2.24, 2.45) is 0 Å². The van der Waals surface area contributed by atoms with Gasteiger partial charge < -0.3 is 14.6 Å². The predicted molar refractivity (Wildman–Crippen MR) is 76.8 cm³/mol. The summed E-state index contributed by atoms with van der Waals surface area (Å²) in [5, 5.41) is 8.91. The highest BCUT2D eigenvalue weighted by atomic mass is 16.5. The molecule has 0 atom stereocenters. The molecule has 0 aliphatic rings. The van der Waals surface area contributed by atoms with Crippen molar-refractivity contribution in [2.75, 3.05) is 13.7 Å². The number of carbonyl (C=O) groups is 2. The number of ether oxygens (including phenoxy) is 2. The number of rotatable bonds is 9. The van der Waals surface area contributed by atoms with E-state index < -0.39 is 11.9 Å². The van der Waals surface area contributed by atoms with E-state index in [0.717, 1.165) is 19.3 Å². The SMILES string of the molecule is CCCCCCCOC(=O)c1cnc(C(=O)O)c(OC)c1. The third-order valence-corrected chi connectivity index (χ3v) is 2.99. The van der Waals surface area contributed by atoms with E-state index in [-0.39, 0.29) is 17.0 Å². The van der Waals surface area contributed by atoms with Gasteiger partial charge in [0.1, 0.15) is 0 Å². The molecule has 0 radical (unpaired) electrons. The number of carbonyl (C=O) groups excluding carboxylic acids is 1. The Morgan fingerprint density at radius 3 is 2.57 bits per heavy atom. The lowest BCUT2D eigenvalue weighted by atomic mass is 10.2. The minimum Gasteiger partial charge on any atom is -0.494 e. The Labute approximate surface area is 124 Å². The third-order valence-electron chi connectivity index (χ3n) is 2.99. The fourth-order valence-corrected chi connectivity index (χ4v) is 1.83. The summed E-state index contributed by atoms with van der Waals surface area (Å²) in [6, 6.07) is 1.33. The monoisotopic (exact) mass is 295 g/mol. The highest BCUT2D eigenvalue weighted by Gasteiger charge is 2.16. The van der Waals surface area contributed by atoms with Crippen molar-refractivity contribution in [1.29, 1.82) is 0 Å². The second kappa shape index (κ2) is 8.94. The molecule has 1 heterocycles. The van der Waals surface area contributed by atoms with Crippen LogP contribution >= 0.6 is 0 Å². The molecule has 21 heavy (non-hydrogen) atoms. The molecule has 0 fully saturated rings. The van der Waals surface area contributed by atoms with Crippen LogP contribution in [0.3, 0.4) is 0 Å². The maximum Gasteiger partial charge on any atom is 0.358 e. The van der Waals surface area contributed by atoms with Gasteiger partial charge in [-0.05, 0) is 12.5 Å². The summed E-state index contributed by atoms with van der Waals surface area (Å²) in [4.78, 5) is 26.4. The number of aromatic carboxylic acids is 1. The molecule has 0 saturated carbocycles. The highest BCUT2D eigenvalue weighted by Crippen LogP contribution is 2.18. The Morgan fingerprint density at radius 2 is 1.95 bits per heavy atom. The molecular weight excluding hydrogens is 274 g/mol. The number of aromatic nitrogens is 1. The summed E-state index contributed by atoms with van der Waals surface area (Å²) in [5.74, 6) is -1.68. The zero-order chi connectivity index (χ0) is 15.7. The van der Waals surface area contributed by atoms with E-state index in [9.17, 15) is 9.59 Å². The van der Waals surface area contributed by atoms with Crippen molar-refractivity contribution < 1.29 is 24.2 Å². The summed E-state index contributed by atoms with van der Waals surface area (Å²) in [6.07, 6.45) is 6.53. The number of hydrogen-bond acceptors (Lipinski definition) is 5. The van der Waals surface area contributed by atoms with Gasteiger partial charge in [0.05, 0.1) is 19.3 Å². The molecule has 1 aromatic heterocycles. The molecule has 6 nitrogen and oxygen atoms in total. The molecule has 0 unspecified atom stereocenters. The zero-order valence-corrected chi connectivity index (χ0v) is 12.4. The van der Waals surface area contributed by atoms with Crippen LogP contribution in [0.5, 0.6) is 5.75 Å². The van der Waals surface area contributed by atoms with Gasteiger partial charge in [-0.1, -0.05) is 32.6 Å². The molecule has 0 aliphatic carbocycles. The number of pyridine rings is 1. The van der Waals surface area contributed by atoms with Gasteiger partial charge in [-0.3, -0.25) is 0 Å². The Kier molecular flexibility index (Phi) is 7.21. The molecule has 0 amide bonds. The van der Waals surface area contributed by atoms with E-state index in [2.05, 4.69) is 11.9 Å². The van der Waals surface area contributed by atoms with Gasteiger partial charge in [0, 0.05) is 6.20 Å². The number of hydrogen-bond donors (Lipinski definition) is 1. The Hall–Kier alpha value is -2.11. The predicted octanol–water partition coefficient (Wildman–Crippen LogP) is 2.92. The summed E-state index contributed by atoms with van der Waals surface area (Å²) < 4.78 is 10.0. The number of nitrogens with zero attached hydrogens (tertiary/aromatic N) is 1. The molecular formula is C15H21NO5. The summed E-state index contributed by atoms with van der Waals surface area (Å²) in [5.41, 5.74) is -0.0426. The third kappa shape index (κ3) is 5.41. The van der Waals surface area contributed by atoms with Crippen LogP contribution in [0.2, 0.25) is 0 Å². The highest BCUT2D eigenvalue weighted by molar-refractivity contribution is 5.93. The topological polar surface area (TPSA) is 85.7 Å². The lowest BCUT2D eigenvalue weighted by Crippen LogP contribution is -2.10. The average molecular weight is 295 g/mol. The minimum atomic E-state index is -1.21. The van der Waals surface area contributed by atoms with Gasteiger partial charge in [-0.2, -0.15) is 0 Å². The number of carboxylic acid groups (broad SMARTS) is 1. The van der Waals surface area contributed by atoms with E-state index in [4.69, 9.17) is 14.6 Å². The van der Waals surface area contributed by atoms with E-state index in [0.29, 0.717) is 6.61 Å². The summed E-state index contributed by atoms with van der Waals surface area (Å²) >= 11 is 0. The van der Waals surface area contributed by atoms with Crippen molar-refractivity contribution in [1.82, 2.24) is 4.98 Å². The molecule has 6 heteroatoms. The lowest BCUT2D eigenvalue weighted by molar-refractivity contribution is 0.0495. The Morgan fingerprint density at radius 1 is 1.24 bits per heavy atom. The van der Waals surface area contributed by atoms with Crippen LogP contribution in [0.15, 0.2) is 12.3 Å². The summed E-state index contributed by atoms with van der Waals surface area (Å²) in [7, 11) is 1.33. The molecule has 0 aliphatic heterocycles. The number of methoxy groups -OCH3 is 1. The minimum absolute atomic E-state index is 0.0416. The second-order valence-corrected chi connectivity index (χ2v) is 4.63. The standard InChI is InChI=1S/C15H21NO5/c1-3-4-5-6-7-8-21-15(19)11-9-12(20-2)13(14(17)18)16-10-11/h9-10H,3-8H2,1-2H3,(H,17,18). The van der Waals surface area contributed by atoms with Gasteiger partial charge in [0.15, 0.2) is 11.4 Å². The first-order chi connectivity index (χ1) is 10.1. The van der Waals surface area contributed by atoms with Gasteiger partial charge in [0.25, 0.3) is 0 Å². The number of esters is 1. The molecule has 1 aromatic rings. The van der Waals surface area contributed by atoms with Crippen LogP contribution in [0.25, 0.3) is 0 Å². The zero-order valence-electron chi connectivity index (χ0n) is 12.4. The smallest absolute Gasteiger partial charge is 0.358 e. The fraction of sp³-hybridized carbons (Fsp3) is 0.533. The maximum absolute atomic E-state index is 11.8. The van der Waals surface area contributed by atoms with E-state index in [1.165, 1.54) is 32.2 Å². The van der Waals surface area contributed by atoms with Crippen molar-refractivity contribution >= 4 is 11.9 Å². The quantitative estimate of drug-likeness (QED) is 0.557. The largest absolute Gasteiger partial charge is 0.494 e. The fourth-order valence-electron chi connectivity index (χ4n) is 1.83. The molecule has 0 aromatic carbocycles. The van der Waals surface area contributed by atoms with Crippen LogP contribution in [0.4, 0.5) is 0 Å². The molecule has 0 bridgehead atoms. The van der Waals surface area contributed by atoms with Crippen molar-refractivity contribution in [3.8, 4) is 5.75 Å². The summed E-state index contributed by atoms with van der Waals surface area (Å²) in [6.45, 7) is 2.49. The molecule has 116 valence electrons. The van der Waals surface area contributed by atoms with E-state index in [1.54, 1.807) is 0 Å². The molecule has 1 rings (SSSR count). The second-order valence-electron chi connectivity index (χ2n) is 4.63. The van der Waals surface area contributed by atoms with Crippen LogP contribution < -0.4 is 4.74 Å². The van der Waals surface area contributed by atoms with Crippen LogP contribution in [-0.4, -0.2) is 35.7 Å². The average Bonchev–Trinajstić information content (AvgIpc) is 2.49. The van der Waals surface area contributed by atoms with Crippen LogP contribution in [0.1, 0.15) is 59.9 Å². The van der Waals surface area contributed by atoms with Crippen LogP contribution in [0, 0.1) is 0 Å². The Bertz CT molecular complexity index is 487. The number of unbranched alkanes of at least 4 members (excludes halogenated alkanes) is 4. The van der Waals surface area contributed by atoms with E-state index in [1.807, 2.05) is 0 Å². The lowest BCUT2D eigenvalue weighted by Gasteiger charge is -2.07. The Balaban J connectivity index is 2.53. The first kappa shape index (κ1) is 16.9. The first-order valence-electron chi connectivity index (χ1n) is 7.04. The van der Waals surface area contributed by atoms with Crippen molar-refractivity contribution in [3.63, 3.8) is 0 Å². The van der Waals surface area contributed by atoms with Gasteiger partial charge in [0.2, 0.25) is 0 Å².